The molecule has 0 saturated carbocycles. The summed E-state index contributed by atoms with van der Waals surface area (Å²) in [7, 11) is -3.43. The Hall–Kier alpha value is -2.30. The Morgan fingerprint density at radius 1 is 1.19 bits per heavy atom. The minimum atomic E-state index is -3.43. The first-order valence-corrected chi connectivity index (χ1v) is 7.86. The number of nitrogens with one attached hydrogen (secondary N) is 2. The maximum atomic E-state index is 11.8. The highest BCUT2D eigenvalue weighted by atomic mass is 32.2. The Morgan fingerprint density at radius 3 is 2.48 bits per heavy atom. The normalized spacial score (nSPS) is 11.0. The lowest BCUT2D eigenvalue weighted by atomic mass is 10.3. The third kappa shape index (κ3) is 3.84. The van der Waals surface area contributed by atoms with Gasteiger partial charge in [-0.1, -0.05) is 6.92 Å². The maximum Gasteiger partial charge on any atom is 0.240 e. The van der Waals surface area contributed by atoms with Crippen molar-refractivity contribution in [3.05, 3.63) is 47.9 Å². The lowest BCUT2D eigenvalue weighted by molar-refractivity contribution is 0.506. The second-order valence-electron chi connectivity index (χ2n) is 4.26. The first-order chi connectivity index (χ1) is 10.0. The molecule has 2 rings (SSSR count). The SMILES string of the molecule is CCNS(=O)(=O)c1ccc(NCc2ccc(C#N)o2)cc1. The minimum Gasteiger partial charge on any atom is -0.449 e. The zero-order valence-electron chi connectivity index (χ0n) is 11.5. The molecule has 0 saturated heterocycles. The molecule has 2 aromatic rings. The van der Waals surface area contributed by atoms with Crippen molar-refractivity contribution in [1.82, 2.24) is 4.72 Å². The summed E-state index contributed by atoms with van der Waals surface area (Å²) in [5.41, 5.74) is 0.764. The van der Waals surface area contributed by atoms with Crippen LogP contribution >= 0.6 is 0 Å². The quantitative estimate of drug-likeness (QED) is 0.851. The van der Waals surface area contributed by atoms with Crippen molar-refractivity contribution in [2.24, 2.45) is 0 Å². The summed E-state index contributed by atoms with van der Waals surface area (Å²) in [6.45, 7) is 2.50. The van der Waals surface area contributed by atoms with Crippen LogP contribution in [0.25, 0.3) is 0 Å². The van der Waals surface area contributed by atoms with E-state index in [4.69, 9.17) is 9.68 Å². The van der Waals surface area contributed by atoms with E-state index in [2.05, 4.69) is 10.0 Å². The minimum absolute atomic E-state index is 0.222. The molecular weight excluding hydrogens is 290 g/mol. The molecule has 1 aromatic carbocycles. The van der Waals surface area contributed by atoms with Crippen LogP contribution in [0.2, 0.25) is 0 Å². The summed E-state index contributed by atoms with van der Waals surface area (Å²) in [5, 5.41) is 11.8. The van der Waals surface area contributed by atoms with Crippen LogP contribution in [0.5, 0.6) is 0 Å². The van der Waals surface area contributed by atoms with E-state index in [0.29, 0.717) is 18.8 Å². The number of nitrogens with zero attached hydrogens (tertiary/aromatic N) is 1. The molecule has 0 radical (unpaired) electrons. The Balaban J connectivity index is 2.01. The van der Waals surface area contributed by atoms with E-state index in [-0.39, 0.29) is 10.7 Å². The molecule has 0 amide bonds. The van der Waals surface area contributed by atoms with Gasteiger partial charge in [0, 0.05) is 12.2 Å². The van der Waals surface area contributed by atoms with Crippen LogP contribution in [-0.4, -0.2) is 15.0 Å². The molecule has 0 atom stereocenters. The maximum absolute atomic E-state index is 11.8. The predicted octanol–water partition coefficient (Wildman–Crippen LogP) is 2.06. The van der Waals surface area contributed by atoms with E-state index < -0.39 is 10.0 Å². The van der Waals surface area contributed by atoms with E-state index in [1.807, 2.05) is 6.07 Å². The van der Waals surface area contributed by atoms with Crippen molar-refractivity contribution < 1.29 is 12.8 Å². The van der Waals surface area contributed by atoms with Crippen molar-refractivity contribution in [1.29, 1.82) is 5.26 Å². The summed E-state index contributed by atoms with van der Waals surface area (Å²) in [6, 6.07) is 11.7. The number of rotatable bonds is 6. The number of benzene rings is 1. The van der Waals surface area contributed by atoms with Crippen LogP contribution in [0, 0.1) is 11.3 Å². The largest absolute Gasteiger partial charge is 0.449 e. The van der Waals surface area contributed by atoms with Gasteiger partial charge in [-0.3, -0.25) is 0 Å². The van der Waals surface area contributed by atoms with Gasteiger partial charge in [-0.2, -0.15) is 5.26 Å². The predicted molar refractivity (Wildman–Crippen MR) is 78.1 cm³/mol. The van der Waals surface area contributed by atoms with Gasteiger partial charge in [0.05, 0.1) is 11.4 Å². The fourth-order valence-electron chi connectivity index (χ4n) is 1.75. The van der Waals surface area contributed by atoms with Gasteiger partial charge in [0.15, 0.2) is 0 Å². The molecule has 21 heavy (non-hydrogen) atoms. The number of anilines is 1. The molecule has 0 aliphatic heterocycles. The van der Waals surface area contributed by atoms with Crippen LogP contribution < -0.4 is 10.0 Å². The lowest BCUT2D eigenvalue weighted by Gasteiger charge is -2.07. The van der Waals surface area contributed by atoms with E-state index in [0.717, 1.165) is 5.69 Å². The molecule has 110 valence electrons. The molecule has 0 bridgehead atoms. The van der Waals surface area contributed by atoms with Gasteiger partial charge in [-0.25, -0.2) is 13.1 Å². The summed E-state index contributed by atoms with van der Waals surface area (Å²) >= 11 is 0. The molecule has 0 spiro atoms. The number of nitriles is 1. The molecule has 6 nitrogen and oxygen atoms in total. The Bertz CT molecular complexity index is 743. The van der Waals surface area contributed by atoms with Crippen LogP contribution in [0.15, 0.2) is 45.7 Å². The first kappa shape index (κ1) is 15.1. The van der Waals surface area contributed by atoms with Gasteiger partial charge in [0.2, 0.25) is 15.8 Å². The van der Waals surface area contributed by atoms with Crippen LogP contribution in [0.3, 0.4) is 0 Å². The van der Waals surface area contributed by atoms with Crippen molar-refractivity contribution in [2.75, 3.05) is 11.9 Å². The van der Waals surface area contributed by atoms with Crippen LogP contribution in [0.4, 0.5) is 5.69 Å². The number of furan rings is 1. The number of hydrogen-bond acceptors (Lipinski definition) is 5. The highest BCUT2D eigenvalue weighted by Gasteiger charge is 2.11. The van der Waals surface area contributed by atoms with Crippen molar-refractivity contribution in [2.45, 2.75) is 18.4 Å². The topological polar surface area (TPSA) is 95.1 Å². The van der Waals surface area contributed by atoms with Gasteiger partial charge in [-0.05, 0) is 36.4 Å². The van der Waals surface area contributed by atoms with Crippen molar-refractivity contribution in [3.8, 4) is 6.07 Å². The Morgan fingerprint density at radius 2 is 1.90 bits per heavy atom. The summed E-state index contributed by atoms with van der Waals surface area (Å²) in [6.07, 6.45) is 0. The standard InChI is InChI=1S/C14H15N3O3S/c1-2-17-21(18,19)14-7-3-11(4-8-14)16-10-13-6-5-12(9-15)20-13/h3-8,16-17H,2,10H2,1H3. The summed E-state index contributed by atoms with van der Waals surface area (Å²) in [5.74, 6) is 0.898. The van der Waals surface area contributed by atoms with Crippen LogP contribution in [-0.2, 0) is 16.6 Å². The lowest BCUT2D eigenvalue weighted by Crippen LogP contribution is -2.23. The molecule has 7 heteroatoms. The average Bonchev–Trinajstić information content (AvgIpc) is 2.93. The molecule has 1 aromatic heterocycles. The van der Waals surface area contributed by atoms with E-state index in [1.165, 1.54) is 12.1 Å². The van der Waals surface area contributed by atoms with Crippen molar-refractivity contribution >= 4 is 15.7 Å². The fourth-order valence-corrected chi connectivity index (χ4v) is 2.79. The second-order valence-corrected chi connectivity index (χ2v) is 6.02. The molecule has 0 aliphatic carbocycles. The molecule has 1 heterocycles. The fraction of sp³-hybridized carbons (Fsp3) is 0.214. The van der Waals surface area contributed by atoms with E-state index in [9.17, 15) is 8.42 Å². The molecule has 2 N–H and O–H groups in total. The monoisotopic (exact) mass is 305 g/mol. The molecule has 0 aliphatic rings. The molecule has 0 fully saturated rings. The third-order valence-corrected chi connectivity index (χ3v) is 4.30. The third-order valence-electron chi connectivity index (χ3n) is 2.74. The zero-order chi connectivity index (χ0) is 15.3. The smallest absolute Gasteiger partial charge is 0.240 e. The zero-order valence-corrected chi connectivity index (χ0v) is 12.3. The summed E-state index contributed by atoms with van der Waals surface area (Å²) in [4.78, 5) is 0.222. The Kier molecular flexibility index (Phi) is 4.62. The van der Waals surface area contributed by atoms with Gasteiger partial charge >= 0.3 is 0 Å². The molecule has 0 unspecified atom stereocenters. The van der Waals surface area contributed by atoms with Gasteiger partial charge < -0.3 is 9.73 Å². The average molecular weight is 305 g/mol. The van der Waals surface area contributed by atoms with E-state index >= 15 is 0 Å². The highest BCUT2D eigenvalue weighted by molar-refractivity contribution is 7.89. The Labute approximate surface area is 123 Å². The van der Waals surface area contributed by atoms with Crippen LogP contribution in [0.1, 0.15) is 18.4 Å². The van der Waals surface area contributed by atoms with Gasteiger partial charge in [0.25, 0.3) is 0 Å². The first-order valence-electron chi connectivity index (χ1n) is 6.37. The number of sulfonamides is 1. The highest BCUT2D eigenvalue weighted by Crippen LogP contribution is 2.15. The van der Waals surface area contributed by atoms with Gasteiger partial charge in [-0.15, -0.1) is 0 Å². The van der Waals surface area contributed by atoms with E-state index in [1.54, 1.807) is 31.2 Å². The van der Waals surface area contributed by atoms with Gasteiger partial charge in [0.1, 0.15) is 11.8 Å². The number of hydrogen-bond donors (Lipinski definition) is 2. The van der Waals surface area contributed by atoms with Crippen molar-refractivity contribution in [3.63, 3.8) is 0 Å². The second kappa shape index (κ2) is 6.43. The summed E-state index contributed by atoms with van der Waals surface area (Å²) < 4.78 is 31.2. The molecular formula is C14H15N3O3S.